The van der Waals surface area contributed by atoms with Crippen molar-refractivity contribution in [1.29, 1.82) is 0 Å². The average Bonchev–Trinajstić information content (AvgIpc) is 2.32. The predicted octanol–water partition coefficient (Wildman–Crippen LogP) is 1.21. The van der Waals surface area contributed by atoms with Gasteiger partial charge >= 0.3 is 6.09 Å². The summed E-state index contributed by atoms with van der Waals surface area (Å²) in [7, 11) is 4.35. The molecule has 1 amide bonds. The predicted molar refractivity (Wildman–Crippen MR) is 59.5 cm³/mol. The zero-order valence-corrected chi connectivity index (χ0v) is 9.86. The molecule has 0 aliphatic rings. The maximum absolute atomic E-state index is 11.2. The van der Waals surface area contributed by atoms with Crippen molar-refractivity contribution in [3.8, 4) is 12.0 Å². The minimum absolute atomic E-state index is 0.310. The summed E-state index contributed by atoms with van der Waals surface area (Å²) in [5.74, 6) is 2.76. The summed E-state index contributed by atoms with van der Waals surface area (Å²) >= 11 is 0. The monoisotopic (exact) mass is 227 g/mol. The molecule has 0 aromatic heterocycles. The molecule has 0 aromatic carbocycles. The molecule has 0 spiro atoms. The van der Waals surface area contributed by atoms with Gasteiger partial charge in [-0.2, -0.15) is 0 Å². The number of ether oxygens (including phenoxy) is 3. The van der Waals surface area contributed by atoms with E-state index >= 15 is 0 Å². The lowest BCUT2D eigenvalue weighted by atomic mass is 10.4. The number of amides is 1. The number of rotatable bonds is 5. The number of hydrogen-bond acceptors (Lipinski definition) is 4. The third-order valence-corrected chi connectivity index (χ3v) is 1.72. The second-order valence-corrected chi connectivity index (χ2v) is 2.76. The van der Waals surface area contributed by atoms with Crippen LogP contribution in [0.4, 0.5) is 4.79 Å². The highest BCUT2D eigenvalue weighted by Gasteiger charge is 2.08. The van der Waals surface area contributed by atoms with Crippen molar-refractivity contribution >= 4 is 6.09 Å². The first kappa shape index (κ1) is 14.5. The molecule has 0 saturated carbocycles. The van der Waals surface area contributed by atoms with Crippen LogP contribution in [0, 0.1) is 12.0 Å². The Hall–Kier alpha value is -1.51. The summed E-state index contributed by atoms with van der Waals surface area (Å²) in [4.78, 5) is 12.4. The van der Waals surface area contributed by atoms with Gasteiger partial charge in [-0.3, -0.25) is 0 Å². The maximum atomic E-state index is 11.2. The Bertz CT molecular complexity index is 275. The standard InChI is InChI=1S/C11H17NO4/c1-5-8-12(11(13)16-4)9-6-7-10(14-2)15-3/h5,10H,1,7-8H2,2-4H3. The maximum Gasteiger partial charge on any atom is 0.421 e. The smallest absolute Gasteiger partial charge is 0.421 e. The average molecular weight is 227 g/mol. The molecule has 0 aliphatic heterocycles. The van der Waals surface area contributed by atoms with Crippen LogP contribution >= 0.6 is 0 Å². The minimum atomic E-state index is -0.515. The van der Waals surface area contributed by atoms with E-state index in [9.17, 15) is 4.79 Å². The van der Waals surface area contributed by atoms with Crippen LogP contribution in [0.3, 0.4) is 0 Å². The van der Waals surface area contributed by atoms with Gasteiger partial charge in [-0.15, -0.1) is 6.58 Å². The van der Waals surface area contributed by atoms with Gasteiger partial charge in [0.25, 0.3) is 0 Å². The molecular formula is C11H17NO4. The molecule has 0 radical (unpaired) electrons. The molecule has 0 aromatic rings. The van der Waals surface area contributed by atoms with Crippen molar-refractivity contribution in [2.75, 3.05) is 27.9 Å². The summed E-state index contributed by atoms with van der Waals surface area (Å²) in [5.41, 5.74) is 0. The van der Waals surface area contributed by atoms with Gasteiger partial charge in [0, 0.05) is 20.3 Å². The minimum Gasteiger partial charge on any atom is -0.452 e. The molecule has 0 rings (SSSR count). The Balaban J connectivity index is 4.32. The Kier molecular flexibility index (Phi) is 7.94. The highest BCUT2D eigenvalue weighted by atomic mass is 16.7. The fourth-order valence-corrected chi connectivity index (χ4v) is 0.892. The first-order chi connectivity index (χ1) is 7.69. The summed E-state index contributed by atoms with van der Waals surface area (Å²) in [6.07, 6.45) is 1.03. The van der Waals surface area contributed by atoms with Gasteiger partial charge in [0.05, 0.1) is 20.1 Å². The van der Waals surface area contributed by atoms with Gasteiger partial charge in [0.2, 0.25) is 0 Å². The van der Waals surface area contributed by atoms with E-state index < -0.39 is 12.4 Å². The third kappa shape index (κ3) is 5.39. The van der Waals surface area contributed by atoms with E-state index in [-0.39, 0.29) is 0 Å². The van der Waals surface area contributed by atoms with E-state index in [1.165, 1.54) is 26.2 Å². The zero-order valence-electron chi connectivity index (χ0n) is 9.86. The Morgan fingerprint density at radius 2 is 2.06 bits per heavy atom. The molecule has 0 bridgehead atoms. The lowest BCUT2D eigenvalue weighted by molar-refractivity contribution is -0.0973. The second kappa shape index (κ2) is 8.77. The van der Waals surface area contributed by atoms with Crippen molar-refractivity contribution in [2.24, 2.45) is 0 Å². The number of hydrogen-bond donors (Lipinski definition) is 0. The molecule has 0 N–H and O–H groups in total. The molecule has 5 heteroatoms. The summed E-state index contributed by atoms with van der Waals surface area (Å²) in [5, 5.41) is 0. The summed E-state index contributed by atoms with van der Waals surface area (Å²) in [6.45, 7) is 3.84. The van der Waals surface area contributed by atoms with Gasteiger partial charge in [0.1, 0.15) is 0 Å². The van der Waals surface area contributed by atoms with Gasteiger partial charge in [-0.25, -0.2) is 9.69 Å². The highest BCUT2D eigenvalue weighted by Crippen LogP contribution is 1.96. The Morgan fingerprint density at radius 1 is 1.44 bits per heavy atom. The van der Waals surface area contributed by atoms with Crippen molar-refractivity contribution in [2.45, 2.75) is 12.7 Å². The molecule has 0 unspecified atom stereocenters. The lowest BCUT2D eigenvalue weighted by Gasteiger charge is -2.12. The first-order valence-corrected chi connectivity index (χ1v) is 4.70. The third-order valence-electron chi connectivity index (χ3n) is 1.72. The van der Waals surface area contributed by atoms with Crippen LogP contribution in [0.15, 0.2) is 12.7 Å². The molecule has 0 heterocycles. The molecule has 16 heavy (non-hydrogen) atoms. The Labute approximate surface area is 96.0 Å². The molecule has 90 valence electrons. The zero-order chi connectivity index (χ0) is 12.4. The van der Waals surface area contributed by atoms with Crippen LogP contribution in [0.1, 0.15) is 6.42 Å². The van der Waals surface area contributed by atoms with Crippen LogP contribution in [0.25, 0.3) is 0 Å². The molecule has 0 fully saturated rings. The molecule has 0 atom stereocenters. The van der Waals surface area contributed by atoms with E-state index in [2.05, 4.69) is 23.3 Å². The first-order valence-electron chi connectivity index (χ1n) is 4.70. The summed E-state index contributed by atoms with van der Waals surface area (Å²) < 4.78 is 14.4. The van der Waals surface area contributed by atoms with E-state index in [0.717, 1.165) is 0 Å². The van der Waals surface area contributed by atoms with E-state index in [1.54, 1.807) is 6.08 Å². The van der Waals surface area contributed by atoms with E-state index in [4.69, 9.17) is 9.47 Å². The number of carbonyl (C=O) groups is 1. The van der Waals surface area contributed by atoms with Crippen LogP contribution in [-0.4, -0.2) is 45.2 Å². The fraction of sp³-hybridized carbons (Fsp3) is 0.545. The number of nitrogens with zero attached hydrogens (tertiary/aromatic N) is 1. The van der Waals surface area contributed by atoms with E-state index in [0.29, 0.717) is 13.0 Å². The number of methoxy groups -OCH3 is 3. The quantitative estimate of drug-likeness (QED) is 0.306. The van der Waals surface area contributed by atoms with Gasteiger partial charge in [-0.1, -0.05) is 12.0 Å². The lowest BCUT2D eigenvalue weighted by Crippen LogP contribution is -2.26. The van der Waals surface area contributed by atoms with Crippen LogP contribution in [0.5, 0.6) is 0 Å². The molecule has 0 saturated heterocycles. The van der Waals surface area contributed by atoms with Crippen LogP contribution in [-0.2, 0) is 14.2 Å². The van der Waals surface area contributed by atoms with Crippen molar-refractivity contribution in [3.63, 3.8) is 0 Å². The number of carbonyl (C=O) groups excluding carboxylic acids is 1. The SMILES string of the molecule is C=CCN(C#CCC(OC)OC)C(=O)OC. The topological polar surface area (TPSA) is 48.0 Å². The Morgan fingerprint density at radius 3 is 2.50 bits per heavy atom. The van der Waals surface area contributed by atoms with Gasteiger partial charge in [-0.05, 0) is 0 Å². The fourth-order valence-electron chi connectivity index (χ4n) is 0.892. The van der Waals surface area contributed by atoms with E-state index in [1.807, 2.05) is 0 Å². The summed E-state index contributed by atoms with van der Waals surface area (Å²) in [6, 6.07) is 2.65. The second-order valence-electron chi connectivity index (χ2n) is 2.76. The van der Waals surface area contributed by atoms with Gasteiger partial charge in [0.15, 0.2) is 6.29 Å². The van der Waals surface area contributed by atoms with Gasteiger partial charge < -0.3 is 14.2 Å². The normalized spacial score (nSPS) is 9.25. The largest absolute Gasteiger partial charge is 0.452 e. The van der Waals surface area contributed by atoms with Crippen molar-refractivity contribution in [1.82, 2.24) is 4.90 Å². The molecule has 0 aliphatic carbocycles. The van der Waals surface area contributed by atoms with Crippen molar-refractivity contribution in [3.05, 3.63) is 12.7 Å². The molecular weight excluding hydrogens is 210 g/mol. The highest BCUT2D eigenvalue weighted by molar-refractivity contribution is 5.69. The van der Waals surface area contributed by atoms with Crippen LogP contribution in [0.2, 0.25) is 0 Å². The molecule has 5 nitrogen and oxygen atoms in total. The van der Waals surface area contributed by atoms with Crippen molar-refractivity contribution < 1.29 is 19.0 Å². The van der Waals surface area contributed by atoms with Crippen LogP contribution < -0.4 is 0 Å².